The van der Waals surface area contributed by atoms with E-state index in [0.717, 1.165) is 0 Å². The van der Waals surface area contributed by atoms with E-state index in [1.807, 2.05) is 0 Å². The standard InChI is InChI=1S/C25H40N6O8/c1-14(22(36)29-17(12-32)11-16-6-8-18(35)9-7-16)28-24(38)20(5-3-4-10-26)30-25(39)21(15(2)34)31-23(37)19(27)13-33/h6-9,12,14-15,17,19-21,33-35H,3-5,10-11,13,26-27H2,1-2H3,(H,28,38)(H,29,36)(H,30,39)(H,31,37)/t14-,15+,17-,19-,20-,21-/m0/s1. The van der Waals surface area contributed by atoms with Gasteiger partial charge >= 0.3 is 0 Å². The highest BCUT2D eigenvalue weighted by Gasteiger charge is 2.31. The number of phenolic OH excluding ortho intramolecular Hbond substituents is 1. The molecule has 0 saturated carbocycles. The lowest BCUT2D eigenvalue weighted by Crippen LogP contribution is -2.60. The van der Waals surface area contributed by atoms with E-state index in [0.29, 0.717) is 31.2 Å². The summed E-state index contributed by atoms with van der Waals surface area (Å²) in [6.45, 7) is 2.33. The monoisotopic (exact) mass is 552 g/mol. The van der Waals surface area contributed by atoms with E-state index in [4.69, 9.17) is 16.6 Å². The Hall–Kier alpha value is -3.59. The number of benzene rings is 1. The first kappa shape index (κ1) is 33.4. The molecule has 0 radical (unpaired) electrons. The fourth-order valence-electron chi connectivity index (χ4n) is 3.48. The summed E-state index contributed by atoms with van der Waals surface area (Å²) in [5, 5.41) is 38.2. The second kappa shape index (κ2) is 17.1. The van der Waals surface area contributed by atoms with Gasteiger partial charge in [0.2, 0.25) is 23.6 Å². The van der Waals surface area contributed by atoms with Crippen molar-refractivity contribution in [2.45, 2.75) is 75.8 Å². The Bertz CT molecular complexity index is 958. The lowest BCUT2D eigenvalue weighted by atomic mass is 10.1. The van der Waals surface area contributed by atoms with Crippen molar-refractivity contribution in [3.8, 4) is 5.75 Å². The van der Waals surface area contributed by atoms with E-state index in [2.05, 4.69) is 21.3 Å². The molecule has 0 aliphatic carbocycles. The fourth-order valence-corrected chi connectivity index (χ4v) is 3.48. The van der Waals surface area contributed by atoms with Crippen LogP contribution in [0.25, 0.3) is 0 Å². The zero-order chi connectivity index (χ0) is 29.5. The predicted octanol–water partition coefficient (Wildman–Crippen LogP) is -3.08. The number of aliphatic hydroxyl groups is 2. The molecule has 218 valence electrons. The Labute approximate surface area is 226 Å². The first-order valence-corrected chi connectivity index (χ1v) is 12.6. The minimum absolute atomic E-state index is 0.0609. The van der Waals surface area contributed by atoms with Crippen molar-refractivity contribution in [1.82, 2.24) is 21.3 Å². The number of amides is 4. The number of phenols is 1. The van der Waals surface area contributed by atoms with E-state index in [9.17, 15) is 34.2 Å². The van der Waals surface area contributed by atoms with Gasteiger partial charge in [-0.3, -0.25) is 19.2 Å². The fraction of sp³-hybridized carbons (Fsp3) is 0.560. The van der Waals surface area contributed by atoms with Crippen LogP contribution in [0.5, 0.6) is 5.75 Å². The molecule has 1 rings (SSSR count). The minimum Gasteiger partial charge on any atom is -0.508 e. The molecule has 0 aromatic heterocycles. The smallest absolute Gasteiger partial charge is 0.245 e. The topological polar surface area (TPSA) is 246 Å². The van der Waals surface area contributed by atoms with Crippen LogP contribution in [0.1, 0.15) is 38.7 Å². The molecule has 6 atom stereocenters. The summed E-state index contributed by atoms with van der Waals surface area (Å²) in [6, 6.07) is 0.246. The summed E-state index contributed by atoms with van der Waals surface area (Å²) >= 11 is 0. The Morgan fingerprint density at radius 3 is 2.10 bits per heavy atom. The van der Waals surface area contributed by atoms with Gasteiger partial charge in [0.15, 0.2) is 0 Å². The maximum Gasteiger partial charge on any atom is 0.245 e. The van der Waals surface area contributed by atoms with Crippen LogP contribution in [-0.2, 0) is 30.4 Å². The zero-order valence-electron chi connectivity index (χ0n) is 22.1. The highest BCUT2D eigenvalue weighted by atomic mass is 16.3. The van der Waals surface area contributed by atoms with Crippen LogP contribution in [0.2, 0.25) is 0 Å². The lowest BCUT2D eigenvalue weighted by molar-refractivity contribution is -0.135. The Balaban J connectivity index is 2.87. The number of aldehydes is 1. The molecule has 0 spiro atoms. The number of carbonyl (C=O) groups excluding carboxylic acids is 5. The van der Waals surface area contributed by atoms with Crippen LogP contribution in [0.3, 0.4) is 0 Å². The maximum absolute atomic E-state index is 13.0. The average Bonchev–Trinajstić information content (AvgIpc) is 2.90. The van der Waals surface area contributed by atoms with Gasteiger partial charge in [0.1, 0.15) is 36.2 Å². The van der Waals surface area contributed by atoms with Gasteiger partial charge in [-0.2, -0.15) is 0 Å². The van der Waals surface area contributed by atoms with Crippen molar-refractivity contribution in [2.75, 3.05) is 13.2 Å². The van der Waals surface area contributed by atoms with Crippen molar-refractivity contribution in [3.63, 3.8) is 0 Å². The maximum atomic E-state index is 13.0. The first-order chi connectivity index (χ1) is 18.4. The number of rotatable bonds is 17. The summed E-state index contributed by atoms with van der Waals surface area (Å²) in [7, 11) is 0. The summed E-state index contributed by atoms with van der Waals surface area (Å²) < 4.78 is 0. The van der Waals surface area contributed by atoms with Crippen molar-refractivity contribution in [1.29, 1.82) is 0 Å². The number of unbranched alkanes of at least 4 members (excludes halogenated alkanes) is 1. The molecule has 0 aliphatic heterocycles. The number of carbonyl (C=O) groups is 5. The quantitative estimate of drug-likeness (QED) is 0.0696. The van der Waals surface area contributed by atoms with Crippen LogP contribution >= 0.6 is 0 Å². The number of hydrogen-bond donors (Lipinski definition) is 9. The van der Waals surface area contributed by atoms with Gasteiger partial charge in [-0.05, 0) is 63.8 Å². The summed E-state index contributed by atoms with van der Waals surface area (Å²) in [6.07, 6.45) is 0.526. The van der Waals surface area contributed by atoms with E-state index in [1.54, 1.807) is 12.1 Å². The molecule has 1 aromatic carbocycles. The SMILES string of the molecule is C[C@H](NC(=O)[C@H](CCCCN)NC(=O)[C@@H](NC(=O)[C@@H](N)CO)[C@@H](C)O)C(=O)N[C@H](C=O)Cc1ccc(O)cc1. The second-order valence-corrected chi connectivity index (χ2v) is 9.21. The highest BCUT2D eigenvalue weighted by molar-refractivity contribution is 5.95. The molecule has 0 bridgehead atoms. The van der Waals surface area contributed by atoms with Crippen molar-refractivity contribution in [2.24, 2.45) is 11.5 Å². The average molecular weight is 553 g/mol. The Morgan fingerprint density at radius 2 is 1.56 bits per heavy atom. The van der Waals surface area contributed by atoms with Crippen LogP contribution < -0.4 is 32.7 Å². The molecular formula is C25H40N6O8. The van der Waals surface area contributed by atoms with Gasteiger partial charge in [0, 0.05) is 0 Å². The lowest BCUT2D eigenvalue weighted by Gasteiger charge is -2.26. The van der Waals surface area contributed by atoms with Crippen LogP contribution in [0.4, 0.5) is 0 Å². The van der Waals surface area contributed by atoms with E-state index in [-0.39, 0.29) is 18.6 Å². The van der Waals surface area contributed by atoms with Gasteiger partial charge in [-0.25, -0.2) is 0 Å². The third-order valence-electron chi connectivity index (χ3n) is 5.81. The van der Waals surface area contributed by atoms with Gasteiger partial charge in [-0.15, -0.1) is 0 Å². The minimum atomic E-state index is -1.46. The third-order valence-corrected chi connectivity index (χ3v) is 5.81. The van der Waals surface area contributed by atoms with E-state index >= 15 is 0 Å². The third kappa shape index (κ3) is 11.8. The van der Waals surface area contributed by atoms with Crippen LogP contribution in [-0.4, -0.2) is 94.7 Å². The van der Waals surface area contributed by atoms with Gasteiger partial charge in [0.05, 0.1) is 18.8 Å². The molecule has 0 saturated heterocycles. The number of nitrogens with one attached hydrogen (secondary N) is 4. The Morgan fingerprint density at radius 1 is 0.923 bits per heavy atom. The Kier molecular flexibility index (Phi) is 14.7. The van der Waals surface area contributed by atoms with Crippen molar-refractivity contribution in [3.05, 3.63) is 29.8 Å². The van der Waals surface area contributed by atoms with Crippen molar-refractivity contribution >= 4 is 29.9 Å². The number of hydrogen-bond acceptors (Lipinski definition) is 10. The first-order valence-electron chi connectivity index (χ1n) is 12.6. The summed E-state index contributed by atoms with van der Waals surface area (Å²) in [5.41, 5.74) is 11.7. The molecule has 0 aliphatic rings. The molecular weight excluding hydrogens is 512 g/mol. The van der Waals surface area contributed by atoms with Crippen molar-refractivity contribution < 1.29 is 39.3 Å². The highest BCUT2D eigenvalue weighted by Crippen LogP contribution is 2.11. The molecule has 14 nitrogen and oxygen atoms in total. The van der Waals surface area contributed by atoms with Crippen LogP contribution in [0, 0.1) is 0 Å². The molecule has 1 aromatic rings. The summed E-state index contributed by atoms with van der Waals surface area (Å²) in [5.74, 6) is -3.02. The summed E-state index contributed by atoms with van der Waals surface area (Å²) in [4.78, 5) is 62.1. The van der Waals surface area contributed by atoms with E-state index in [1.165, 1.54) is 26.0 Å². The molecule has 0 heterocycles. The van der Waals surface area contributed by atoms with Gasteiger partial charge in [-0.1, -0.05) is 12.1 Å². The number of nitrogens with two attached hydrogens (primary N) is 2. The normalized spacial score (nSPS) is 15.5. The number of aliphatic hydroxyl groups excluding tert-OH is 2. The molecule has 0 fully saturated rings. The van der Waals surface area contributed by atoms with Crippen LogP contribution in [0.15, 0.2) is 24.3 Å². The van der Waals surface area contributed by atoms with Gasteiger partial charge in [0.25, 0.3) is 0 Å². The molecule has 11 N–H and O–H groups in total. The second-order valence-electron chi connectivity index (χ2n) is 9.21. The van der Waals surface area contributed by atoms with Gasteiger partial charge < -0.3 is 52.8 Å². The van der Waals surface area contributed by atoms with E-state index < -0.39 is 66.5 Å². The largest absolute Gasteiger partial charge is 0.508 e. The molecule has 4 amide bonds. The molecule has 14 heteroatoms. The number of aromatic hydroxyl groups is 1. The zero-order valence-corrected chi connectivity index (χ0v) is 22.1. The predicted molar refractivity (Wildman–Crippen MR) is 141 cm³/mol. The molecule has 0 unspecified atom stereocenters. The molecule has 39 heavy (non-hydrogen) atoms.